The van der Waals surface area contributed by atoms with Gasteiger partial charge in [-0.3, -0.25) is 19.7 Å². The molecule has 1 spiro atoms. The predicted molar refractivity (Wildman–Crippen MR) is 96.7 cm³/mol. The molecule has 1 saturated carbocycles. The Labute approximate surface area is 158 Å². The molecule has 2 fully saturated rings. The van der Waals surface area contributed by atoms with E-state index >= 15 is 0 Å². The summed E-state index contributed by atoms with van der Waals surface area (Å²) in [5.74, 6) is -0.893. The largest absolute Gasteiger partial charge is 0.342 e. The lowest BCUT2D eigenvalue weighted by Crippen LogP contribution is -2.60. The molecule has 0 aromatic heterocycles. The quantitative estimate of drug-likeness (QED) is 0.613. The number of hydroxylamine groups is 1. The minimum absolute atomic E-state index is 0.154. The minimum atomic E-state index is -0.684. The lowest BCUT2D eigenvalue weighted by atomic mass is 9.67. The number of rotatable bonds is 2. The summed E-state index contributed by atoms with van der Waals surface area (Å²) in [5, 5.41) is 8.76. The van der Waals surface area contributed by atoms with Crippen molar-refractivity contribution in [2.75, 3.05) is 19.6 Å². The standard InChI is InChI=1S/C20H26FN3O3/c1-13(25)24-11-20(12-24)5-2-16(3-6-20)23-7-4-14-8-15(19(26)22-27)9-18(21)17(14)10-23/h8-9,16,27H,2-7,10-12H2,1H3,(H,22,26). The summed E-state index contributed by atoms with van der Waals surface area (Å²) in [6, 6.07) is 3.34. The number of benzene rings is 1. The van der Waals surface area contributed by atoms with Crippen molar-refractivity contribution in [1.29, 1.82) is 0 Å². The number of nitrogens with one attached hydrogen (secondary N) is 1. The summed E-state index contributed by atoms with van der Waals surface area (Å²) in [4.78, 5) is 27.3. The van der Waals surface area contributed by atoms with Crippen molar-refractivity contribution in [2.24, 2.45) is 5.41 Å². The molecule has 0 unspecified atom stereocenters. The average Bonchev–Trinajstić information content (AvgIpc) is 2.65. The van der Waals surface area contributed by atoms with Gasteiger partial charge in [0, 0.05) is 55.7 Å². The van der Waals surface area contributed by atoms with E-state index in [-0.39, 0.29) is 17.3 Å². The van der Waals surface area contributed by atoms with Crippen LogP contribution in [0.15, 0.2) is 12.1 Å². The van der Waals surface area contributed by atoms with Crippen LogP contribution in [0.4, 0.5) is 4.39 Å². The highest BCUT2D eigenvalue weighted by molar-refractivity contribution is 5.93. The third kappa shape index (κ3) is 3.34. The number of nitrogens with zero attached hydrogens (tertiary/aromatic N) is 2. The third-order valence-corrected chi connectivity index (χ3v) is 6.71. The summed E-state index contributed by atoms with van der Waals surface area (Å²) in [7, 11) is 0. The van der Waals surface area contributed by atoms with E-state index < -0.39 is 5.91 Å². The molecular formula is C20H26FN3O3. The number of fused-ring (bicyclic) bond motifs is 1. The van der Waals surface area contributed by atoms with Crippen LogP contribution in [0.2, 0.25) is 0 Å². The molecule has 2 heterocycles. The summed E-state index contributed by atoms with van der Waals surface area (Å²) in [6.07, 6.45) is 5.14. The maximum Gasteiger partial charge on any atom is 0.274 e. The number of hydrogen-bond acceptors (Lipinski definition) is 4. The molecule has 3 aliphatic rings. The van der Waals surface area contributed by atoms with Crippen molar-refractivity contribution in [3.63, 3.8) is 0 Å². The number of carbonyl (C=O) groups is 2. The smallest absolute Gasteiger partial charge is 0.274 e. The highest BCUT2D eigenvalue weighted by Crippen LogP contribution is 2.45. The molecule has 4 rings (SSSR count). The van der Waals surface area contributed by atoms with Gasteiger partial charge in [-0.15, -0.1) is 0 Å². The van der Waals surface area contributed by atoms with Gasteiger partial charge in [-0.25, -0.2) is 9.87 Å². The van der Waals surface area contributed by atoms with Gasteiger partial charge in [-0.05, 0) is 49.8 Å². The number of carbonyl (C=O) groups excluding carboxylic acids is 2. The highest BCUT2D eigenvalue weighted by atomic mass is 19.1. The first kappa shape index (κ1) is 18.4. The van der Waals surface area contributed by atoms with E-state index in [4.69, 9.17) is 5.21 Å². The zero-order chi connectivity index (χ0) is 19.2. The van der Waals surface area contributed by atoms with Gasteiger partial charge in [0.15, 0.2) is 0 Å². The van der Waals surface area contributed by atoms with Gasteiger partial charge >= 0.3 is 0 Å². The SMILES string of the molecule is CC(=O)N1CC2(CCC(N3CCc4cc(C(=O)NO)cc(F)c4C3)CC2)C1. The second kappa shape index (κ2) is 6.87. The molecule has 7 heteroatoms. The van der Waals surface area contributed by atoms with Gasteiger partial charge in [0.05, 0.1) is 0 Å². The minimum Gasteiger partial charge on any atom is -0.342 e. The Morgan fingerprint density at radius 1 is 1.26 bits per heavy atom. The molecule has 0 bridgehead atoms. The first-order valence-electron chi connectivity index (χ1n) is 9.66. The van der Waals surface area contributed by atoms with E-state index in [1.807, 2.05) is 4.90 Å². The van der Waals surface area contributed by atoms with Crippen LogP contribution in [0.1, 0.15) is 54.1 Å². The highest BCUT2D eigenvalue weighted by Gasteiger charge is 2.46. The van der Waals surface area contributed by atoms with Crippen molar-refractivity contribution >= 4 is 11.8 Å². The summed E-state index contributed by atoms with van der Waals surface area (Å²) in [6.45, 7) is 4.84. The second-order valence-corrected chi connectivity index (χ2v) is 8.36. The lowest BCUT2D eigenvalue weighted by Gasteiger charge is -2.54. The maximum atomic E-state index is 14.5. The van der Waals surface area contributed by atoms with E-state index in [0.29, 0.717) is 30.0 Å². The Hall–Kier alpha value is -1.99. The Morgan fingerprint density at radius 3 is 2.59 bits per heavy atom. The molecule has 1 aromatic carbocycles. The molecule has 2 N–H and O–H groups in total. The Bertz CT molecular complexity index is 766. The lowest BCUT2D eigenvalue weighted by molar-refractivity contribution is -0.144. The molecule has 146 valence electrons. The summed E-state index contributed by atoms with van der Waals surface area (Å²) < 4.78 is 14.5. The Balaban J connectivity index is 1.39. The van der Waals surface area contributed by atoms with E-state index in [9.17, 15) is 14.0 Å². The fourth-order valence-corrected chi connectivity index (χ4v) is 5.03. The van der Waals surface area contributed by atoms with Crippen LogP contribution in [0.25, 0.3) is 0 Å². The van der Waals surface area contributed by atoms with Gasteiger partial charge < -0.3 is 4.90 Å². The van der Waals surface area contributed by atoms with Crippen LogP contribution >= 0.6 is 0 Å². The van der Waals surface area contributed by atoms with Crippen molar-refractivity contribution < 1.29 is 19.2 Å². The molecule has 1 saturated heterocycles. The van der Waals surface area contributed by atoms with Crippen molar-refractivity contribution in [2.45, 2.75) is 51.6 Å². The Morgan fingerprint density at radius 2 is 1.96 bits per heavy atom. The first-order chi connectivity index (χ1) is 12.9. The van der Waals surface area contributed by atoms with Crippen LogP contribution in [0, 0.1) is 11.2 Å². The van der Waals surface area contributed by atoms with E-state index in [1.54, 1.807) is 18.5 Å². The zero-order valence-electron chi connectivity index (χ0n) is 15.6. The van der Waals surface area contributed by atoms with Crippen molar-refractivity contribution in [1.82, 2.24) is 15.3 Å². The fraction of sp³-hybridized carbons (Fsp3) is 0.600. The topological polar surface area (TPSA) is 72.9 Å². The number of halogens is 1. The fourth-order valence-electron chi connectivity index (χ4n) is 5.03. The number of hydrogen-bond donors (Lipinski definition) is 2. The summed E-state index contributed by atoms with van der Waals surface area (Å²) >= 11 is 0. The van der Waals surface area contributed by atoms with Gasteiger partial charge in [-0.1, -0.05) is 0 Å². The van der Waals surface area contributed by atoms with E-state index in [2.05, 4.69) is 4.90 Å². The molecule has 6 nitrogen and oxygen atoms in total. The van der Waals surface area contributed by atoms with Gasteiger partial charge in [-0.2, -0.15) is 0 Å². The first-order valence-corrected chi connectivity index (χ1v) is 9.66. The summed E-state index contributed by atoms with van der Waals surface area (Å²) in [5.41, 5.74) is 3.56. The van der Waals surface area contributed by atoms with Gasteiger partial charge in [0.1, 0.15) is 5.82 Å². The zero-order valence-corrected chi connectivity index (χ0v) is 15.6. The van der Waals surface area contributed by atoms with Crippen LogP contribution < -0.4 is 5.48 Å². The van der Waals surface area contributed by atoms with Crippen LogP contribution in [0.5, 0.6) is 0 Å². The van der Waals surface area contributed by atoms with Crippen molar-refractivity contribution in [3.8, 4) is 0 Å². The van der Waals surface area contributed by atoms with Crippen LogP contribution in [-0.4, -0.2) is 52.5 Å². The van der Waals surface area contributed by atoms with E-state index in [1.165, 1.54) is 6.07 Å². The Kier molecular flexibility index (Phi) is 4.68. The molecular weight excluding hydrogens is 349 g/mol. The number of amides is 2. The molecule has 0 radical (unpaired) electrons. The van der Waals surface area contributed by atoms with Gasteiger partial charge in [0.2, 0.25) is 5.91 Å². The van der Waals surface area contributed by atoms with Crippen molar-refractivity contribution in [3.05, 3.63) is 34.6 Å². The molecule has 0 atom stereocenters. The maximum absolute atomic E-state index is 14.5. The second-order valence-electron chi connectivity index (χ2n) is 8.36. The van der Waals surface area contributed by atoms with Crippen LogP contribution in [0.3, 0.4) is 0 Å². The third-order valence-electron chi connectivity index (χ3n) is 6.71. The normalized spacial score (nSPS) is 22.3. The average molecular weight is 375 g/mol. The molecule has 1 aliphatic carbocycles. The van der Waals surface area contributed by atoms with Gasteiger partial charge in [0.25, 0.3) is 5.91 Å². The van der Waals surface area contributed by atoms with Crippen LogP contribution in [-0.2, 0) is 17.8 Å². The molecule has 27 heavy (non-hydrogen) atoms. The molecule has 1 aromatic rings. The molecule has 2 aliphatic heterocycles. The molecule has 2 amide bonds. The monoisotopic (exact) mass is 375 g/mol. The number of likely N-dealkylation sites (tertiary alicyclic amines) is 1. The predicted octanol–water partition coefficient (Wildman–Crippen LogP) is 2.09. The van der Waals surface area contributed by atoms with E-state index in [0.717, 1.165) is 50.9 Å².